The van der Waals surface area contributed by atoms with Gasteiger partial charge in [0.2, 0.25) is 0 Å². The molecule has 0 saturated carbocycles. The normalized spacial score (nSPS) is 11.7. The van der Waals surface area contributed by atoms with Crippen LogP contribution in [0, 0.1) is 24.6 Å². The van der Waals surface area contributed by atoms with Crippen molar-refractivity contribution in [3.05, 3.63) is 35.1 Å². The van der Waals surface area contributed by atoms with E-state index >= 15 is 0 Å². The zero-order chi connectivity index (χ0) is 9.84. The first-order chi connectivity index (χ1) is 6.09. The van der Waals surface area contributed by atoms with E-state index in [9.17, 15) is 4.39 Å². The number of hydrogen-bond acceptors (Lipinski definition) is 1. The summed E-state index contributed by atoms with van der Waals surface area (Å²) < 4.78 is 12.7. The summed E-state index contributed by atoms with van der Waals surface area (Å²) in [5.41, 5.74) is 7.15. The molecule has 0 aliphatic carbocycles. The number of halogens is 1. The zero-order valence-electron chi connectivity index (χ0n) is 7.76. The Labute approximate surface area is 77.8 Å². The second kappa shape index (κ2) is 4.06. The predicted molar refractivity (Wildman–Crippen MR) is 51.7 cm³/mol. The fraction of sp³-hybridized carbons (Fsp3) is 0.273. The summed E-state index contributed by atoms with van der Waals surface area (Å²) in [6.45, 7) is 3.64. The maximum Gasteiger partial charge on any atom is 0.123 e. The molecule has 1 unspecified atom stereocenters. The second-order valence-corrected chi connectivity index (χ2v) is 3.02. The van der Waals surface area contributed by atoms with Crippen LogP contribution in [0.3, 0.4) is 0 Å². The first-order valence-electron chi connectivity index (χ1n) is 4.13. The average molecular weight is 177 g/mol. The Bertz CT molecular complexity index is 358. The van der Waals surface area contributed by atoms with Crippen molar-refractivity contribution < 1.29 is 4.39 Å². The van der Waals surface area contributed by atoms with Crippen molar-refractivity contribution in [1.29, 1.82) is 0 Å². The fourth-order valence-corrected chi connectivity index (χ4v) is 0.959. The lowest BCUT2D eigenvalue weighted by Gasteiger charge is -1.97. The van der Waals surface area contributed by atoms with Gasteiger partial charge in [-0.25, -0.2) is 4.39 Å². The molecule has 0 aliphatic rings. The van der Waals surface area contributed by atoms with Gasteiger partial charge < -0.3 is 5.73 Å². The molecular formula is C11H12FN. The SMILES string of the molecule is Cc1cc(F)ccc1C#CC(C)N. The Morgan fingerprint density at radius 1 is 1.46 bits per heavy atom. The van der Waals surface area contributed by atoms with E-state index in [1.807, 2.05) is 13.8 Å². The van der Waals surface area contributed by atoms with E-state index in [2.05, 4.69) is 11.8 Å². The largest absolute Gasteiger partial charge is 0.318 e. The van der Waals surface area contributed by atoms with Crippen LogP contribution in [-0.2, 0) is 0 Å². The Hall–Kier alpha value is -1.33. The van der Waals surface area contributed by atoms with E-state index < -0.39 is 0 Å². The molecule has 1 rings (SSSR count). The van der Waals surface area contributed by atoms with Gasteiger partial charge in [0, 0.05) is 5.56 Å². The summed E-state index contributed by atoms with van der Waals surface area (Å²) in [6, 6.07) is 4.38. The van der Waals surface area contributed by atoms with Crippen molar-refractivity contribution in [3.63, 3.8) is 0 Å². The number of benzene rings is 1. The van der Waals surface area contributed by atoms with Gasteiger partial charge in [0.05, 0.1) is 6.04 Å². The second-order valence-electron chi connectivity index (χ2n) is 3.02. The predicted octanol–water partition coefficient (Wildman–Crippen LogP) is 1.83. The molecule has 0 saturated heterocycles. The number of rotatable bonds is 0. The lowest BCUT2D eigenvalue weighted by atomic mass is 10.1. The molecule has 2 heteroatoms. The highest BCUT2D eigenvalue weighted by molar-refractivity contribution is 5.41. The summed E-state index contributed by atoms with van der Waals surface area (Å²) in [5.74, 6) is 5.49. The molecule has 1 atom stereocenters. The highest BCUT2D eigenvalue weighted by Gasteiger charge is 1.95. The zero-order valence-corrected chi connectivity index (χ0v) is 7.76. The molecule has 1 aromatic rings. The van der Waals surface area contributed by atoms with Crippen LogP contribution in [0.4, 0.5) is 4.39 Å². The highest BCUT2D eigenvalue weighted by atomic mass is 19.1. The quantitative estimate of drug-likeness (QED) is 0.601. The monoisotopic (exact) mass is 177 g/mol. The molecule has 1 aromatic carbocycles. The van der Waals surface area contributed by atoms with Crippen LogP contribution in [0.2, 0.25) is 0 Å². The van der Waals surface area contributed by atoms with Gasteiger partial charge in [-0.1, -0.05) is 11.8 Å². The Morgan fingerprint density at radius 2 is 2.15 bits per heavy atom. The third-order valence-corrected chi connectivity index (χ3v) is 1.62. The van der Waals surface area contributed by atoms with E-state index in [0.29, 0.717) is 0 Å². The third kappa shape index (κ3) is 2.89. The molecule has 13 heavy (non-hydrogen) atoms. The molecule has 2 N–H and O–H groups in total. The standard InChI is InChI=1S/C11H12FN/c1-8-7-11(12)6-5-10(8)4-3-9(2)13/h5-7,9H,13H2,1-2H3. The summed E-state index contributed by atoms with van der Waals surface area (Å²) in [7, 11) is 0. The molecule has 0 heterocycles. The molecule has 0 spiro atoms. The lowest BCUT2D eigenvalue weighted by Crippen LogP contribution is -2.10. The Balaban J connectivity index is 2.98. The van der Waals surface area contributed by atoms with Gasteiger partial charge in [-0.05, 0) is 37.6 Å². The molecule has 0 radical (unpaired) electrons. The molecule has 0 bridgehead atoms. The highest BCUT2D eigenvalue weighted by Crippen LogP contribution is 2.08. The third-order valence-electron chi connectivity index (χ3n) is 1.62. The molecule has 0 aliphatic heterocycles. The lowest BCUT2D eigenvalue weighted by molar-refractivity contribution is 0.626. The van der Waals surface area contributed by atoms with Gasteiger partial charge in [0.1, 0.15) is 5.82 Å². The van der Waals surface area contributed by atoms with Gasteiger partial charge in [0.25, 0.3) is 0 Å². The topological polar surface area (TPSA) is 26.0 Å². The van der Waals surface area contributed by atoms with E-state index in [4.69, 9.17) is 5.73 Å². The van der Waals surface area contributed by atoms with E-state index in [-0.39, 0.29) is 11.9 Å². The van der Waals surface area contributed by atoms with Crippen LogP contribution in [0.15, 0.2) is 18.2 Å². The van der Waals surface area contributed by atoms with E-state index in [1.54, 1.807) is 6.07 Å². The van der Waals surface area contributed by atoms with Crippen molar-refractivity contribution in [2.75, 3.05) is 0 Å². The van der Waals surface area contributed by atoms with Crippen molar-refractivity contribution in [1.82, 2.24) is 0 Å². The molecule has 1 nitrogen and oxygen atoms in total. The van der Waals surface area contributed by atoms with Crippen molar-refractivity contribution >= 4 is 0 Å². The minimum atomic E-state index is -0.233. The molecular weight excluding hydrogens is 165 g/mol. The minimum Gasteiger partial charge on any atom is -0.318 e. The first-order valence-corrected chi connectivity index (χ1v) is 4.13. The molecule has 68 valence electrons. The van der Waals surface area contributed by atoms with Crippen molar-refractivity contribution in [2.45, 2.75) is 19.9 Å². The molecule has 0 amide bonds. The van der Waals surface area contributed by atoms with Crippen molar-refractivity contribution in [3.8, 4) is 11.8 Å². The van der Waals surface area contributed by atoms with Crippen LogP contribution >= 0.6 is 0 Å². The van der Waals surface area contributed by atoms with Crippen LogP contribution in [0.5, 0.6) is 0 Å². The first kappa shape index (κ1) is 9.76. The van der Waals surface area contributed by atoms with Crippen molar-refractivity contribution in [2.24, 2.45) is 5.73 Å². The van der Waals surface area contributed by atoms with Crippen LogP contribution in [-0.4, -0.2) is 6.04 Å². The fourth-order valence-electron chi connectivity index (χ4n) is 0.959. The summed E-state index contributed by atoms with van der Waals surface area (Å²) in [6.07, 6.45) is 0. The summed E-state index contributed by atoms with van der Waals surface area (Å²) in [5, 5.41) is 0. The van der Waals surface area contributed by atoms with Gasteiger partial charge in [-0.2, -0.15) is 0 Å². The maximum absolute atomic E-state index is 12.7. The summed E-state index contributed by atoms with van der Waals surface area (Å²) >= 11 is 0. The average Bonchev–Trinajstić information content (AvgIpc) is 2.02. The van der Waals surface area contributed by atoms with E-state index in [0.717, 1.165) is 11.1 Å². The number of nitrogens with two attached hydrogens (primary N) is 1. The van der Waals surface area contributed by atoms with Crippen LogP contribution in [0.1, 0.15) is 18.1 Å². The molecule has 0 aromatic heterocycles. The minimum absolute atomic E-state index is 0.149. The molecule has 0 fully saturated rings. The summed E-state index contributed by atoms with van der Waals surface area (Å²) in [4.78, 5) is 0. The maximum atomic E-state index is 12.7. The van der Waals surface area contributed by atoms with Gasteiger partial charge in [0.15, 0.2) is 0 Å². The van der Waals surface area contributed by atoms with Crippen LogP contribution < -0.4 is 5.73 Å². The Morgan fingerprint density at radius 3 is 2.69 bits per heavy atom. The van der Waals surface area contributed by atoms with Crippen LogP contribution in [0.25, 0.3) is 0 Å². The van der Waals surface area contributed by atoms with Gasteiger partial charge in [-0.3, -0.25) is 0 Å². The smallest absolute Gasteiger partial charge is 0.123 e. The number of hydrogen-bond donors (Lipinski definition) is 1. The van der Waals surface area contributed by atoms with E-state index in [1.165, 1.54) is 12.1 Å². The van der Waals surface area contributed by atoms with Gasteiger partial charge in [-0.15, -0.1) is 0 Å². The Kier molecular flexibility index (Phi) is 3.05. The van der Waals surface area contributed by atoms with Gasteiger partial charge >= 0.3 is 0 Å². The number of aryl methyl sites for hydroxylation is 1.